The molecule has 1 heterocycles. The minimum absolute atomic E-state index is 0.115. The summed E-state index contributed by atoms with van der Waals surface area (Å²) in [6.07, 6.45) is 10.5. The lowest BCUT2D eigenvalue weighted by atomic mass is 9.74. The fourth-order valence-corrected chi connectivity index (χ4v) is 4.08. The highest BCUT2D eigenvalue weighted by molar-refractivity contribution is 5.59. The summed E-state index contributed by atoms with van der Waals surface area (Å²) in [5.41, 5.74) is -0.115. The number of nitrogens with zero attached hydrogens (tertiary/aromatic N) is 1. The highest BCUT2D eigenvalue weighted by Crippen LogP contribution is 2.37. The molecule has 0 aromatic heterocycles. The summed E-state index contributed by atoms with van der Waals surface area (Å²) >= 11 is 0. The van der Waals surface area contributed by atoms with Crippen molar-refractivity contribution in [2.45, 2.75) is 58.8 Å². The van der Waals surface area contributed by atoms with Crippen LogP contribution >= 0.6 is 0 Å². The van der Waals surface area contributed by atoms with E-state index in [1.54, 1.807) is 0 Å². The normalized spacial score (nSPS) is 32.6. The van der Waals surface area contributed by atoms with E-state index in [0.717, 1.165) is 31.2 Å². The number of carbonyl (C=O) groups excluding carboxylic acids is 1. The monoisotopic (exact) mass is 251 g/mol. The Balaban J connectivity index is 1.88. The summed E-state index contributed by atoms with van der Waals surface area (Å²) in [7, 11) is 0. The molecule has 2 heteroatoms. The lowest BCUT2D eigenvalue weighted by Crippen LogP contribution is -2.46. The maximum absolute atomic E-state index is 11.3. The summed E-state index contributed by atoms with van der Waals surface area (Å²) < 4.78 is 0. The average Bonchev–Trinajstić information content (AvgIpc) is 2.39. The number of hydrogen-bond donors (Lipinski definition) is 0. The largest absolute Gasteiger partial charge is 0.303 e. The molecule has 2 rings (SSSR count). The summed E-state index contributed by atoms with van der Waals surface area (Å²) in [6, 6.07) is 0. The van der Waals surface area contributed by atoms with Gasteiger partial charge in [-0.1, -0.05) is 39.5 Å². The summed E-state index contributed by atoms with van der Waals surface area (Å²) in [6.45, 7) is 7.76. The zero-order valence-electron chi connectivity index (χ0n) is 12.2. The molecule has 3 unspecified atom stereocenters. The van der Waals surface area contributed by atoms with Crippen molar-refractivity contribution in [1.82, 2.24) is 4.90 Å². The standard InChI is InChI=1S/C16H29NO/c1-3-9-16(2,13-18)12-17-10-8-14-6-4-5-7-15(14)11-17/h13-15H,3-12H2,1-2H3. The van der Waals surface area contributed by atoms with Crippen LogP contribution in [0.15, 0.2) is 0 Å². The van der Waals surface area contributed by atoms with Gasteiger partial charge < -0.3 is 9.69 Å². The van der Waals surface area contributed by atoms with Gasteiger partial charge in [0.1, 0.15) is 6.29 Å². The molecular formula is C16H29NO. The van der Waals surface area contributed by atoms with Gasteiger partial charge in [-0.2, -0.15) is 0 Å². The van der Waals surface area contributed by atoms with E-state index in [0.29, 0.717) is 0 Å². The van der Waals surface area contributed by atoms with Crippen molar-refractivity contribution in [3.05, 3.63) is 0 Å². The Morgan fingerprint density at radius 3 is 2.61 bits per heavy atom. The fourth-order valence-electron chi connectivity index (χ4n) is 4.08. The molecule has 0 radical (unpaired) electrons. The van der Waals surface area contributed by atoms with Crippen molar-refractivity contribution in [3.8, 4) is 0 Å². The molecule has 1 aliphatic carbocycles. The molecule has 0 amide bonds. The number of carbonyl (C=O) groups is 1. The van der Waals surface area contributed by atoms with E-state index in [9.17, 15) is 4.79 Å². The fraction of sp³-hybridized carbons (Fsp3) is 0.938. The van der Waals surface area contributed by atoms with Gasteiger partial charge in [0.25, 0.3) is 0 Å². The van der Waals surface area contributed by atoms with Crippen LogP contribution in [-0.4, -0.2) is 30.8 Å². The number of fused-ring (bicyclic) bond motifs is 1. The predicted octanol–water partition coefficient (Wildman–Crippen LogP) is 3.50. The molecule has 2 aliphatic rings. The number of likely N-dealkylation sites (tertiary alicyclic amines) is 1. The Hall–Kier alpha value is -0.370. The van der Waals surface area contributed by atoms with Crippen LogP contribution in [0, 0.1) is 17.3 Å². The molecule has 0 aromatic rings. The molecule has 0 N–H and O–H groups in total. The van der Waals surface area contributed by atoms with E-state index in [4.69, 9.17) is 0 Å². The van der Waals surface area contributed by atoms with Gasteiger partial charge in [0.15, 0.2) is 0 Å². The van der Waals surface area contributed by atoms with Crippen LogP contribution in [0.25, 0.3) is 0 Å². The van der Waals surface area contributed by atoms with Crippen LogP contribution < -0.4 is 0 Å². The van der Waals surface area contributed by atoms with E-state index in [1.165, 1.54) is 51.5 Å². The van der Waals surface area contributed by atoms with Gasteiger partial charge in [-0.3, -0.25) is 0 Å². The van der Waals surface area contributed by atoms with Crippen molar-refractivity contribution in [2.75, 3.05) is 19.6 Å². The third-order valence-corrected chi connectivity index (χ3v) is 5.07. The average molecular weight is 251 g/mol. The molecule has 1 saturated carbocycles. The molecule has 18 heavy (non-hydrogen) atoms. The smallest absolute Gasteiger partial charge is 0.127 e. The Labute approximate surface area is 112 Å². The van der Waals surface area contributed by atoms with E-state index in [1.807, 2.05) is 0 Å². The molecule has 104 valence electrons. The second kappa shape index (κ2) is 6.18. The molecule has 0 aromatic carbocycles. The molecule has 1 aliphatic heterocycles. The molecule has 3 atom stereocenters. The summed E-state index contributed by atoms with van der Waals surface area (Å²) in [4.78, 5) is 13.9. The van der Waals surface area contributed by atoms with Crippen molar-refractivity contribution in [3.63, 3.8) is 0 Å². The van der Waals surface area contributed by atoms with Gasteiger partial charge in [0, 0.05) is 18.5 Å². The van der Waals surface area contributed by atoms with Crippen LogP contribution in [0.3, 0.4) is 0 Å². The van der Waals surface area contributed by atoms with E-state index < -0.39 is 0 Å². The second-order valence-corrected chi connectivity index (χ2v) is 6.85. The third kappa shape index (κ3) is 3.34. The van der Waals surface area contributed by atoms with Crippen molar-refractivity contribution >= 4 is 6.29 Å². The number of hydrogen-bond acceptors (Lipinski definition) is 2. The van der Waals surface area contributed by atoms with Gasteiger partial charge in [0.05, 0.1) is 0 Å². The topological polar surface area (TPSA) is 20.3 Å². The molecule has 0 spiro atoms. The first-order valence-corrected chi connectivity index (χ1v) is 7.85. The van der Waals surface area contributed by atoms with Gasteiger partial charge >= 0.3 is 0 Å². The Bertz CT molecular complexity index is 278. The van der Waals surface area contributed by atoms with Crippen LogP contribution in [0.5, 0.6) is 0 Å². The minimum atomic E-state index is -0.115. The first-order chi connectivity index (χ1) is 8.67. The zero-order chi connectivity index (χ0) is 13.0. The lowest BCUT2D eigenvalue weighted by molar-refractivity contribution is -0.117. The van der Waals surface area contributed by atoms with Crippen molar-refractivity contribution < 1.29 is 4.79 Å². The summed E-state index contributed by atoms with van der Waals surface area (Å²) in [5, 5.41) is 0. The van der Waals surface area contributed by atoms with Gasteiger partial charge in [-0.05, 0) is 37.6 Å². The minimum Gasteiger partial charge on any atom is -0.303 e. The SMILES string of the molecule is CCCC(C)(C=O)CN1CCC2CCCCC2C1. The van der Waals surface area contributed by atoms with Crippen LogP contribution in [0.1, 0.15) is 58.8 Å². The maximum Gasteiger partial charge on any atom is 0.127 e. The quantitative estimate of drug-likeness (QED) is 0.697. The van der Waals surface area contributed by atoms with E-state index in [-0.39, 0.29) is 5.41 Å². The third-order valence-electron chi connectivity index (χ3n) is 5.07. The Morgan fingerprint density at radius 1 is 1.22 bits per heavy atom. The Morgan fingerprint density at radius 2 is 1.94 bits per heavy atom. The van der Waals surface area contributed by atoms with E-state index in [2.05, 4.69) is 18.7 Å². The van der Waals surface area contributed by atoms with Crippen molar-refractivity contribution in [2.24, 2.45) is 17.3 Å². The predicted molar refractivity (Wildman–Crippen MR) is 75.6 cm³/mol. The number of rotatable bonds is 5. The highest BCUT2D eigenvalue weighted by Gasteiger charge is 2.34. The number of piperidine rings is 1. The van der Waals surface area contributed by atoms with Gasteiger partial charge in [0.2, 0.25) is 0 Å². The summed E-state index contributed by atoms with van der Waals surface area (Å²) in [5.74, 6) is 1.91. The molecular weight excluding hydrogens is 222 g/mol. The molecule has 2 nitrogen and oxygen atoms in total. The second-order valence-electron chi connectivity index (χ2n) is 6.85. The van der Waals surface area contributed by atoms with Crippen molar-refractivity contribution in [1.29, 1.82) is 0 Å². The van der Waals surface area contributed by atoms with Gasteiger partial charge in [-0.15, -0.1) is 0 Å². The first kappa shape index (κ1) is 14.0. The van der Waals surface area contributed by atoms with Crippen LogP contribution in [-0.2, 0) is 4.79 Å². The van der Waals surface area contributed by atoms with Crippen LogP contribution in [0.4, 0.5) is 0 Å². The maximum atomic E-state index is 11.3. The highest BCUT2D eigenvalue weighted by atomic mass is 16.1. The number of aldehydes is 1. The zero-order valence-corrected chi connectivity index (χ0v) is 12.2. The lowest BCUT2D eigenvalue weighted by Gasteiger charge is -2.43. The molecule has 1 saturated heterocycles. The Kier molecular flexibility index (Phi) is 4.83. The van der Waals surface area contributed by atoms with Crippen LogP contribution in [0.2, 0.25) is 0 Å². The van der Waals surface area contributed by atoms with Gasteiger partial charge in [-0.25, -0.2) is 0 Å². The molecule has 2 fully saturated rings. The molecule has 0 bridgehead atoms. The van der Waals surface area contributed by atoms with E-state index >= 15 is 0 Å². The first-order valence-electron chi connectivity index (χ1n) is 7.85.